The molecule has 1 rings (SSSR count). The zero-order chi connectivity index (χ0) is 22.5. The maximum absolute atomic E-state index is 12.4. The van der Waals surface area contributed by atoms with E-state index in [1.165, 1.54) is 24.3 Å². The average molecular weight is 421 g/mol. The molecule has 10 nitrogen and oxygen atoms in total. The van der Waals surface area contributed by atoms with Crippen LogP contribution in [-0.2, 0) is 9.59 Å². The number of nitrogens with one attached hydrogen (secondary N) is 2. The molecule has 0 spiro atoms. The van der Waals surface area contributed by atoms with Crippen molar-refractivity contribution >= 4 is 23.6 Å². The van der Waals surface area contributed by atoms with E-state index in [-0.39, 0.29) is 11.1 Å². The Hall–Kier alpha value is -2.98. The van der Waals surface area contributed by atoms with Crippen LogP contribution >= 0.6 is 0 Å². The van der Waals surface area contributed by atoms with Gasteiger partial charge in [-0.3, -0.25) is 19.2 Å². The first-order chi connectivity index (χ1) is 14.3. The molecule has 1 aromatic rings. The van der Waals surface area contributed by atoms with Crippen molar-refractivity contribution in [2.75, 3.05) is 13.1 Å². The third-order valence-corrected chi connectivity index (χ3v) is 4.60. The highest BCUT2D eigenvalue weighted by atomic mass is 16.2. The SMILES string of the molecule is NCCCCC(NC(=O)c1ccc(C(=O)NC(CCCCN)C(N)=O)cc1)C(N)=O. The van der Waals surface area contributed by atoms with Crippen molar-refractivity contribution < 1.29 is 19.2 Å². The Morgan fingerprint density at radius 2 is 1.00 bits per heavy atom. The Bertz CT molecular complexity index is 662. The standard InChI is InChI=1S/C20H32N6O4/c21-11-3-1-5-15(17(23)27)25-19(29)13-7-9-14(10-8-13)20(30)26-16(18(24)28)6-2-4-12-22/h7-10,15-16H,1-6,11-12,21-22H2,(H2,23,27)(H2,24,28)(H,25,29)(H,26,30). The maximum Gasteiger partial charge on any atom is 0.251 e. The molecule has 2 atom stereocenters. The minimum atomic E-state index is -0.795. The summed E-state index contributed by atoms with van der Waals surface area (Å²) in [6.45, 7) is 0.985. The van der Waals surface area contributed by atoms with Crippen LogP contribution in [0.25, 0.3) is 0 Å². The first-order valence-electron chi connectivity index (χ1n) is 10.0. The van der Waals surface area contributed by atoms with E-state index in [2.05, 4.69) is 10.6 Å². The van der Waals surface area contributed by atoms with Crippen molar-refractivity contribution in [3.05, 3.63) is 35.4 Å². The van der Waals surface area contributed by atoms with Crippen LogP contribution in [0.1, 0.15) is 59.2 Å². The number of primary amides is 2. The van der Waals surface area contributed by atoms with E-state index >= 15 is 0 Å². The van der Waals surface area contributed by atoms with Crippen LogP contribution in [0.3, 0.4) is 0 Å². The third-order valence-electron chi connectivity index (χ3n) is 4.60. The molecule has 0 aliphatic heterocycles. The number of unbranched alkanes of at least 4 members (excludes halogenated alkanes) is 2. The summed E-state index contributed by atoms with van der Waals surface area (Å²) >= 11 is 0. The van der Waals surface area contributed by atoms with E-state index in [4.69, 9.17) is 22.9 Å². The van der Waals surface area contributed by atoms with Crippen molar-refractivity contribution in [1.82, 2.24) is 10.6 Å². The molecule has 2 unspecified atom stereocenters. The highest BCUT2D eigenvalue weighted by Crippen LogP contribution is 2.08. The molecular formula is C20H32N6O4. The van der Waals surface area contributed by atoms with Gasteiger partial charge in [0.05, 0.1) is 0 Å². The number of carbonyl (C=O) groups is 4. The summed E-state index contributed by atoms with van der Waals surface area (Å²) in [5, 5.41) is 5.18. The van der Waals surface area contributed by atoms with Crippen LogP contribution in [0.2, 0.25) is 0 Å². The number of benzene rings is 1. The molecule has 0 radical (unpaired) electrons. The molecule has 0 aromatic heterocycles. The summed E-state index contributed by atoms with van der Waals surface area (Å²) in [4.78, 5) is 47.8. The quantitative estimate of drug-likeness (QED) is 0.211. The van der Waals surface area contributed by atoms with Gasteiger partial charge in [-0.15, -0.1) is 0 Å². The topological polar surface area (TPSA) is 196 Å². The predicted molar refractivity (Wildman–Crippen MR) is 113 cm³/mol. The molecule has 0 bridgehead atoms. The normalized spacial score (nSPS) is 12.6. The molecule has 10 heteroatoms. The second-order valence-corrected chi connectivity index (χ2v) is 7.00. The molecule has 0 aliphatic carbocycles. The summed E-state index contributed by atoms with van der Waals surface area (Å²) in [7, 11) is 0. The number of hydrogen-bond donors (Lipinski definition) is 6. The van der Waals surface area contributed by atoms with Gasteiger partial charge < -0.3 is 33.6 Å². The van der Waals surface area contributed by atoms with Gasteiger partial charge >= 0.3 is 0 Å². The van der Waals surface area contributed by atoms with Crippen LogP contribution in [0.15, 0.2) is 24.3 Å². The number of amides is 4. The van der Waals surface area contributed by atoms with Crippen molar-refractivity contribution in [3.63, 3.8) is 0 Å². The number of nitrogens with two attached hydrogens (primary N) is 4. The molecular weight excluding hydrogens is 388 g/mol. The highest BCUT2D eigenvalue weighted by molar-refractivity contribution is 6.00. The molecule has 30 heavy (non-hydrogen) atoms. The van der Waals surface area contributed by atoms with Crippen LogP contribution in [0.4, 0.5) is 0 Å². The van der Waals surface area contributed by atoms with E-state index in [0.29, 0.717) is 38.8 Å². The Morgan fingerprint density at radius 3 is 1.27 bits per heavy atom. The number of carbonyl (C=O) groups excluding carboxylic acids is 4. The lowest BCUT2D eigenvalue weighted by atomic mass is 10.1. The molecule has 0 aliphatic rings. The highest BCUT2D eigenvalue weighted by Gasteiger charge is 2.20. The Balaban J connectivity index is 2.71. The van der Waals surface area contributed by atoms with Crippen LogP contribution < -0.4 is 33.6 Å². The average Bonchev–Trinajstić information content (AvgIpc) is 2.72. The van der Waals surface area contributed by atoms with E-state index < -0.39 is 35.7 Å². The zero-order valence-electron chi connectivity index (χ0n) is 17.1. The van der Waals surface area contributed by atoms with E-state index in [1.807, 2.05) is 0 Å². The monoisotopic (exact) mass is 420 g/mol. The van der Waals surface area contributed by atoms with Crippen molar-refractivity contribution in [1.29, 1.82) is 0 Å². The first kappa shape index (κ1) is 25.1. The van der Waals surface area contributed by atoms with Crippen LogP contribution in [0.5, 0.6) is 0 Å². The smallest absolute Gasteiger partial charge is 0.251 e. The minimum absolute atomic E-state index is 0.269. The lowest BCUT2D eigenvalue weighted by Gasteiger charge is -2.16. The first-order valence-corrected chi connectivity index (χ1v) is 10.0. The summed E-state index contributed by atoms with van der Waals surface area (Å²) in [6.07, 6.45) is 3.57. The molecule has 0 heterocycles. The fourth-order valence-corrected chi connectivity index (χ4v) is 2.81. The van der Waals surface area contributed by atoms with Gasteiger partial charge in [0.15, 0.2) is 0 Å². The van der Waals surface area contributed by atoms with E-state index in [9.17, 15) is 19.2 Å². The lowest BCUT2D eigenvalue weighted by Crippen LogP contribution is -2.44. The summed E-state index contributed by atoms with van der Waals surface area (Å²) in [5.74, 6) is -2.20. The van der Waals surface area contributed by atoms with Crippen LogP contribution in [0, 0.1) is 0 Å². The molecule has 0 saturated heterocycles. The largest absolute Gasteiger partial charge is 0.368 e. The maximum atomic E-state index is 12.4. The molecule has 0 fully saturated rings. The van der Waals surface area contributed by atoms with E-state index in [1.54, 1.807) is 0 Å². The van der Waals surface area contributed by atoms with Crippen molar-refractivity contribution in [3.8, 4) is 0 Å². The van der Waals surface area contributed by atoms with Gasteiger partial charge in [-0.2, -0.15) is 0 Å². The molecule has 166 valence electrons. The van der Waals surface area contributed by atoms with Gasteiger partial charge in [-0.1, -0.05) is 0 Å². The summed E-state index contributed by atoms with van der Waals surface area (Å²) in [5.41, 5.74) is 22.1. The van der Waals surface area contributed by atoms with Gasteiger partial charge in [-0.05, 0) is 75.9 Å². The Labute approximate surface area is 176 Å². The van der Waals surface area contributed by atoms with Crippen molar-refractivity contribution in [2.45, 2.75) is 50.6 Å². The van der Waals surface area contributed by atoms with Crippen LogP contribution in [-0.4, -0.2) is 48.8 Å². The summed E-state index contributed by atoms with van der Waals surface area (Å²) < 4.78 is 0. The fourth-order valence-electron chi connectivity index (χ4n) is 2.81. The van der Waals surface area contributed by atoms with E-state index in [0.717, 1.165) is 12.8 Å². The third kappa shape index (κ3) is 8.58. The second-order valence-electron chi connectivity index (χ2n) is 7.00. The number of hydrogen-bond acceptors (Lipinski definition) is 6. The zero-order valence-corrected chi connectivity index (χ0v) is 17.1. The Kier molecular flexibility index (Phi) is 11.1. The predicted octanol–water partition coefficient (Wildman–Crippen LogP) is -0.888. The molecule has 4 amide bonds. The minimum Gasteiger partial charge on any atom is -0.368 e. The van der Waals surface area contributed by atoms with Crippen molar-refractivity contribution in [2.24, 2.45) is 22.9 Å². The summed E-state index contributed by atoms with van der Waals surface area (Å²) in [6, 6.07) is 4.23. The van der Waals surface area contributed by atoms with Gasteiger partial charge in [0.2, 0.25) is 11.8 Å². The molecule has 0 saturated carbocycles. The van der Waals surface area contributed by atoms with Gasteiger partial charge in [-0.25, -0.2) is 0 Å². The van der Waals surface area contributed by atoms with Gasteiger partial charge in [0.1, 0.15) is 12.1 Å². The Morgan fingerprint density at radius 1 is 0.667 bits per heavy atom. The molecule has 10 N–H and O–H groups in total. The fraction of sp³-hybridized carbons (Fsp3) is 0.500. The van der Waals surface area contributed by atoms with Gasteiger partial charge in [0.25, 0.3) is 11.8 Å². The van der Waals surface area contributed by atoms with Gasteiger partial charge in [0, 0.05) is 11.1 Å². The number of rotatable bonds is 14. The molecule has 1 aromatic carbocycles. The second kappa shape index (κ2) is 13.3. The lowest BCUT2D eigenvalue weighted by molar-refractivity contribution is -0.120.